The molecule has 4 amide bonds. The molecule has 3 N–H and O–H groups in total. The van der Waals surface area contributed by atoms with Crippen LogP contribution in [0.5, 0.6) is 0 Å². The van der Waals surface area contributed by atoms with Crippen LogP contribution >= 0.6 is 0 Å². The molecule has 0 unspecified atom stereocenters. The van der Waals surface area contributed by atoms with Crippen LogP contribution in [-0.2, 0) is 9.59 Å². The number of fused-ring (bicyclic) bond motifs is 2. The molecule has 8 nitrogen and oxygen atoms in total. The van der Waals surface area contributed by atoms with Crippen LogP contribution in [0.15, 0.2) is 0 Å². The lowest BCUT2D eigenvalue weighted by Crippen LogP contribution is -2.54. The third-order valence-electron chi connectivity index (χ3n) is 3.29. The van der Waals surface area contributed by atoms with Crippen LogP contribution in [0.1, 0.15) is 26.2 Å². The minimum atomic E-state index is -0.636. The number of hydrazine groups is 1. The van der Waals surface area contributed by atoms with Crippen LogP contribution in [0.2, 0.25) is 0 Å². The minimum Gasteiger partial charge on any atom is -0.309 e. The molecule has 0 aromatic heterocycles. The van der Waals surface area contributed by atoms with Crippen LogP contribution in [0.4, 0.5) is 4.79 Å². The van der Waals surface area contributed by atoms with Crippen molar-refractivity contribution in [1.29, 1.82) is 0 Å². The highest BCUT2D eigenvalue weighted by molar-refractivity contribution is 5.89. The molecule has 8 heteroatoms. The van der Waals surface area contributed by atoms with E-state index in [9.17, 15) is 19.6 Å². The maximum Gasteiger partial charge on any atom is 0.344 e. The van der Waals surface area contributed by atoms with E-state index in [4.69, 9.17) is 0 Å². The summed E-state index contributed by atoms with van der Waals surface area (Å²) >= 11 is 0. The zero-order valence-electron chi connectivity index (χ0n) is 10.0. The monoisotopic (exact) mass is 256 g/mol. The Morgan fingerprint density at radius 3 is 2.78 bits per heavy atom. The predicted molar refractivity (Wildman–Crippen MR) is 59.1 cm³/mol. The van der Waals surface area contributed by atoms with Crippen molar-refractivity contribution < 1.29 is 19.6 Å². The highest BCUT2D eigenvalue weighted by Gasteiger charge is 2.46. The summed E-state index contributed by atoms with van der Waals surface area (Å²) in [6, 6.07) is -1.42. The van der Waals surface area contributed by atoms with Gasteiger partial charge in [0, 0.05) is 13.0 Å². The lowest BCUT2D eigenvalue weighted by atomic mass is 10.0. The molecule has 2 atom stereocenters. The Kier molecular flexibility index (Phi) is 3.37. The second-order valence-electron chi connectivity index (χ2n) is 4.42. The van der Waals surface area contributed by atoms with E-state index < -0.39 is 18.0 Å². The number of carbonyl (C=O) groups is 3. The molecule has 18 heavy (non-hydrogen) atoms. The van der Waals surface area contributed by atoms with Crippen molar-refractivity contribution in [2.24, 2.45) is 0 Å². The minimum absolute atomic E-state index is 0.230. The third-order valence-corrected chi connectivity index (χ3v) is 3.29. The number of rotatable bonds is 2. The smallest absolute Gasteiger partial charge is 0.309 e. The number of carbonyl (C=O) groups excluding carboxylic acids is 3. The molecule has 0 aromatic rings. The van der Waals surface area contributed by atoms with E-state index in [2.05, 4.69) is 10.9 Å². The lowest BCUT2D eigenvalue weighted by Gasteiger charge is -2.29. The Balaban J connectivity index is 1.95. The number of hydrogen-bond donors (Lipinski definition) is 3. The van der Waals surface area contributed by atoms with E-state index in [-0.39, 0.29) is 18.4 Å². The van der Waals surface area contributed by atoms with E-state index in [1.807, 2.05) is 0 Å². The van der Waals surface area contributed by atoms with Crippen LogP contribution in [0.3, 0.4) is 0 Å². The van der Waals surface area contributed by atoms with Gasteiger partial charge in [-0.25, -0.2) is 9.86 Å². The zero-order chi connectivity index (χ0) is 13.3. The van der Waals surface area contributed by atoms with Gasteiger partial charge in [-0.3, -0.25) is 25.6 Å². The van der Waals surface area contributed by atoms with Crippen LogP contribution in [-0.4, -0.2) is 51.6 Å². The first kappa shape index (κ1) is 12.6. The maximum atomic E-state index is 11.8. The van der Waals surface area contributed by atoms with Gasteiger partial charge >= 0.3 is 6.03 Å². The molecule has 100 valence electrons. The van der Waals surface area contributed by atoms with Crippen LogP contribution in [0.25, 0.3) is 0 Å². The number of hydroxylamine groups is 2. The Bertz CT molecular complexity index is 386. The number of hydrogen-bond acceptors (Lipinski definition) is 4. The van der Waals surface area contributed by atoms with Crippen LogP contribution < -0.4 is 10.9 Å². The molecular formula is C10H16N4O4. The van der Waals surface area contributed by atoms with Crippen molar-refractivity contribution in [3.05, 3.63) is 0 Å². The fourth-order valence-electron chi connectivity index (χ4n) is 2.23. The fraction of sp³-hybridized carbons (Fsp3) is 0.700. The Hall–Kier alpha value is -1.83. The lowest BCUT2D eigenvalue weighted by molar-refractivity contribution is -0.131. The van der Waals surface area contributed by atoms with E-state index in [1.165, 1.54) is 4.90 Å². The molecule has 2 aliphatic rings. The quantitative estimate of drug-likeness (QED) is 0.444. The summed E-state index contributed by atoms with van der Waals surface area (Å²) in [5, 5.41) is 10.1. The number of urea groups is 1. The number of amides is 4. The van der Waals surface area contributed by atoms with Gasteiger partial charge < -0.3 is 4.90 Å². The van der Waals surface area contributed by atoms with Crippen molar-refractivity contribution in [2.75, 3.05) is 6.54 Å². The second kappa shape index (κ2) is 4.81. The van der Waals surface area contributed by atoms with Gasteiger partial charge in [0.05, 0.1) is 6.04 Å². The molecule has 2 fully saturated rings. The zero-order valence-corrected chi connectivity index (χ0v) is 10.0. The van der Waals surface area contributed by atoms with Gasteiger partial charge in [0.1, 0.15) is 6.04 Å². The first-order valence-corrected chi connectivity index (χ1v) is 5.92. The molecule has 2 saturated heterocycles. The van der Waals surface area contributed by atoms with E-state index in [0.717, 1.165) is 0 Å². The Morgan fingerprint density at radius 1 is 1.39 bits per heavy atom. The standard InChI is InChI=1S/C10H16N4O4/c1-2-8(15)11-12-9(16)7-4-3-6-5-13(7)10(17)14(6)18/h6-7,18H,2-5H2,1H3,(H,11,15)(H,12,16)/t6-,7+/m1/s1. The van der Waals surface area contributed by atoms with Gasteiger partial charge in [0.15, 0.2) is 0 Å². The van der Waals surface area contributed by atoms with Gasteiger partial charge in [-0.15, -0.1) is 0 Å². The average Bonchev–Trinajstić information content (AvgIpc) is 2.61. The molecule has 0 radical (unpaired) electrons. The van der Waals surface area contributed by atoms with Crippen molar-refractivity contribution in [1.82, 2.24) is 20.8 Å². The fourth-order valence-corrected chi connectivity index (χ4v) is 2.23. The summed E-state index contributed by atoms with van der Waals surface area (Å²) in [7, 11) is 0. The SMILES string of the molecule is CCC(=O)NNC(=O)[C@@H]1CC[C@@H]2CN1C(=O)N2O. The number of nitrogens with one attached hydrogen (secondary N) is 2. The number of piperidine rings is 1. The normalized spacial score (nSPS) is 26.2. The van der Waals surface area contributed by atoms with Gasteiger partial charge in [-0.1, -0.05) is 6.92 Å². The van der Waals surface area contributed by atoms with Gasteiger partial charge in [0.2, 0.25) is 5.91 Å². The molecule has 2 heterocycles. The molecule has 2 aliphatic heterocycles. The predicted octanol–water partition coefficient (Wildman–Crippen LogP) is -0.798. The van der Waals surface area contributed by atoms with Crippen molar-refractivity contribution in [3.63, 3.8) is 0 Å². The van der Waals surface area contributed by atoms with Gasteiger partial charge in [-0.05, 0) is 12.8 Å². The van der Waals surface area contributed by atoms with Gasteiger partial charge in [0.25, 0.3) is 5.91 Å². The topological polar surface area (TPSA) is 102 Å². The van der Waals surface area contributed by atoms with Crippen molar-refractivity contribution in [3.8, 4) is 0 Å². The Labute approximate surface area is 104 Å². The second-order valence-corrected chi connectivity index (χ2v) is 4.42. The van der Waals surface area contributed by atoms with Crippen molar-refractivity contribution >= 4 is 17.8 Å². The van der Waals surface area contributed by atoms with E-state index in [1.54, 1.807) is 6.92 Å². The highest BCUT2D eigenvalue weighted by atomic mass is 16.5. The summed E-state index contributed by atoms with van der Waals surface area (Å²) in [4.78, 5) is 35.8. The molecule has 2 bridgehead atoms. The Morgan fingerprint density at radius 2 is 2.11 bits per heavy atom. The molecular weight excluding hydrogens is 240 g/mol. The first-order valence-electron chi connectivity index (χ1n) is 5.92. The number of nitrogens with zero attached hydrogens (tertiary/aromatic N) is 2. The summed E-state index contributed by atoms with van der Waals surface area (Å²) in [6.45, 7) is 2.01. The van der Waals surface area contributed by atoms with Gasteiger partial charge in [-0.2, -0.15) is 0 Å². The highest BCUT2D eigenvalue weighted by Crippen LogP contribution is 2.28. The summed E-state index contributed by atoms with van der Waals surface area (Å²) in [5.41, 5.74) is 4.55. The van der Waals surface area contributed by atoms with E-state index in [0.29, 0.717) is 24.4 Å². The summed E-state index contributed by atoms with van der Waals surface area (Å²) in [6.07, 6.45) is 1.31. The third kappa shape index (κ3) is 2.10. The summed E-state index contributed by atoms with van der Waals surface area (Å²) < 4.78 is 0. The van der Waals surface area contributed by atoms with Crippen LogP contribution in [0, 0.1) is 0 Å². The molecule has 0 aliphatic carbocycles. The summed E-state index contributed by atoms with van der Waals surface area (Å²) in [5.74, 6) is -0.729. The molecule has 2 rings (SSSR count). The van der Waals surface area contributed by atoms with Crippen molar-refractivity contribution in [2.45, 2.75) is 38.3 Å². The molecule has 0 saturated carbocycles. The maximum absolute atomic E-state index is 11.8. The molecule has 0 aromatic carbocycles. The average molecular weight is 256 g/mol. The first-order chi connectivity index (χ1) is 8.54. The van der Waals surface area contributed by atoms with E-state index >= 15 is 0 Å². The largest absolute Gasteiger partial charge is 0.344 e. The molecule has 0 spiro atoms.